The van der Waals surface area contributed by atoms with Gasteiger partial charge in [0.2, 0.25) is 5.91 Å². The summed E-state index contributed by atoms with van der Waals surface area (Å²) in [5.74, 6) is 1.32. The topological polar surface area (TPSA) is 50.4 Å². The van der Waals surface area contributed by atoms with Crippen LogP contribution in [-0.2, 0) is 4.79 Å². The Morgan fingerprint density at radius 3 is 2.20 bits per heavy atom. The number of hydrogen-bond acceptors (Lipinski definition) is 3. The Morgan fingerprint density at radius 2 is 1.48 bits per heavy atom. The molecule has 25 heavy (non-hydrogen) atoms. The van der Waals surface area contributed by atoms with Gasteiger partial charge in [0.1, 0.15) is 11.5 Å². The molecule has 3 aromatic rings. The van der Waals surface area contributed by atoms with E-state index >= 15 is 0 Å². The minimum absolute atomic E-state index is 0.131. The molecule has 0 saturated carbocycles. The molecule has 3 aromatic carbocycles. The van der Waals surface area contributed by atoms with Crippen molar-refractivity contribution in [2.24, 2.45) is 0 Å². The minimum Gasteiger partial charge on any atom is -0.457 e. The number of nitrogens with one attached hydrogen (secondary N) is 2. The molecule has 5 heteroatoms. The molecule has 2 N–H and O–H groups in total. The van der Waals surface area contributed by atoms with Gasteiger partial charge >= 0.3 is 0 Å². The molecule has 1 amide bonds. The van der Waals surface area contributed by atoms with Crippen molar-refractivity contribution in [3.05, 3.63) is 83.9 Å². The summed E-state index contributed by atoms with van der Waals surface area (Å²) >= 11 is 6.04. The number of hydrogen-bond donors (Lipinski definition) is 2. The summed E-state index contributed by atoms with van der Waals surface area (Å²) in [6.45, 7) is 0.131. The van der Waals surface area contributed by atoms with Crippen LogP contribution in [0.5, 0.6) is 11.5 Å². The fourth-order valence-electron chi connectivity index (χ4n) is 2.22. The van der Waals surface area contributed by atoms with Gasteiger partial charge < -0.3 is 15.4 Å². The molecule has 3 rings (SSSR count). The van der Waals surface area contributed by atoms with Gasteiger partial charge in [-0.15, -0.1) is 0 Å². The molecule has 0 radical (unpaired) electrons. The molecule has 126 valence electrons. The van der Waals surface area contributed by atoms with Gasteiger partial charge in [-0.2, -0.15) is 0 Å². The summed E-state index contributed by atoms with van der Waals surface area (Å²) in [5, 5.41) is 6.41. The van der Waals surface area contributed by atoms with Crippen LogP contribution < -0.4 is 15.4 Å². The average Bonchev–Trinajstić information content (AvgIpc) is 2.64. The van der Waals surface area contributed by atoms with E-state index in [1.54, 1.807) is 18.2 Å². The van der Waals surface area contributed by atoms with E-state index in [1.807, 2.05) is 60.7 Å². The first kappa shape index (κ1) is 16.9. The van der Waals surface area contributed by atoms with E-state index in [0.717, 1.165) is 11.4 Å². The molecular weight excluding hydrogens is 336 g/mol. The zero-order valence-electron chi connectivity index (χ0n) is 13.4. The Morgan fingerprint density at radius 1 is 0.840 bits per heavy atom. The first-order valence-electron chi connectivity index (χ1n) is 7.82. The average molecular weight is 353 g/mol. The lowest BCUT2D eigenvalue weighted by Gasteiger charge is -2.10. The Kier molecular flexibility index (Phi) is 5.54. The smallest absolute Gasteiger partial charge is 0.243 e. The van der Waals surface area contributed by atoms with E-state index in [2.05, 4.69) is 10.6 Å². The number of rotatable bonds is 6. The van der Waals surface area contributed by atoms with Crippen LogP contribution in [0.3, 0.4) is 0 Å². The largest absolute Gasteiger partial charge is 0.457 e. The molecule has 0 atom stereocenters. The normalized spacial score (nSPS) is 10.1. The molecular formula is C20H17ClN2O2. The highest BCUT2D eigenvalue weighted by Gasteiger charge is 2.05. The van der Waals surface area contributed by atoms with E-state index < -0.39 is 0 Å². The van der Waals surface area contributed by atoms with E-state index in [-0.39, 0.29) is 12.5 Å². The maximum absolute atomic E-state index is 12.0. The van der Waals surface area contributed by atoms with Crippen molar-refractivity contribution in [1.82, 2.24) is 0 Å². The second-order valence-electron chi connectivity index (χ2n) is 5.32. The second kappa shape index (κ2) is 8.22. The van der Waals surface area contributed by atoms with Gasteiger partial charge in [-0.3, -0.25) is 4.79 Å². The lowest BCUT2D eigenvalue weighted by atomic mass is 10.3. The highest BCUT2D eigenvalue weighted by molar-refractivity contribution is 6.33. The molecule has 0 aliphatic carbocycles. The van der Waals surface area contributed by atoms with Crippen LogP contribution in [0.2, 0.25) is 5.02 Å². The van der Waals surface area contributed by atoms with Gasteiger partial charge in [0.15, 0.2) is 0 Å². The number of benzene rings is 3. The fourth-order valence-corrected chi connectivity index (χ4v) is 2.42. The molecule has 0 saturated heterocycles. The molecule has 0 spiro atoms. The van der Waals surface area contributed by atoms with Crippen LogP contribution in [0.4, 0.5) is 11.4 Å². The molecule has 0 fully saturated rings. The standard InChI is InChI=1S/C20H17ClN2O2/c21-18-8-4-5-9-19(18)22-14-20(24)23-15-10-12-17(13-11-15)25-16-6-2-1-3-7-16/h1-13,22H,14H2,(H,23,24). The van der Waals surface area contributed by atoms with Gasteiger partial charge in [-0.05, 0) is 48.5 Å². The predicted molar refractivity (Wildman–Crippen MR) is 102 cm³/mol. The Labute approximate surface area is 151 Å². The predicted octanol–water partition coefficient (Wildman–Crippen LogP) is 5.18. The number of ether oxygens (including phenoxy) is 1. The Bertz CT molecular complexity index is 836. The minimum atomic E-state index is -0.156. The summed E-state index contributed by atoms with van der Waals surface area (Å²) in [5.41, 5.74) is 1.43. The van der Waals surface area contributed by atoms with E-state index in [0.29, 0.717) is 16.5 Å². The van der Waals surface area contributed by atoms with Crippen LogP contribution in [0, 0.1) is 0 Å². The summed E-state index contributed by atoms with van der Waals surface area (Å²) in [4.78, 5) is 12.0. The van der Waals surface area contributed by atoms with Crippen LogP contribution >= 0.6 is 11.6 Å². The lowest BCUT2D eigenvalue weighted by Crippen LogP contribution is -2.21. The summed E-state index contributed by atoms with van der Waals surface area (Å²) < 4.78 is 5.72. The summed E-state index contributed by atoms with van der Waals surface area (Å²) in [6.07, 6.45) is 0. The van der Waals surface area contributed by atoms with Crippen LogP contribution in [0.15, 0.2) is 78.9 Å². The lowest BCUT2D eigenvalue weighted by molar-refractivity contribution is -0.114. The quantitative estimate of drug-likeness (QED) is 0.642. The molecule has 0 aliphatic rings. The third kappa shape index (κ3) is 4.99. The molecule has 4 nitrogen and oxygen atoms in total. The molecule has 0 unspecified atom stereocenters. The maximum atomic E-state index is 12.0. The number of carbonyl (C=O) groups is 1. The first-order valence-corrected chi connectivity index (χ1v) is 8.20. The van der Waals surface area contributed by atoms with Crippen molar-refractivity contribution in [2.75, 3.05) is 17.2 Å². The van der Waals surface area contributed by atoms with E-state index in [4.69, 9.17) is 16.3 Å². The van der Waals surface area contributed by atoms with E-state index in [1.165, 1.54) is 0 Å². The highest BCUT2D eigenvalue weighted by atomic mass is 35.5. The Balaban J connectivity index is 1.52. The highest BCUT2D eigenvalue weighted by Crippen LogP contribution is 2.23. The first-order chi connectivity index (χ1) is 12.2. The van der Waals surface area contributed by atoms with Crippen LogP contribution in [0.25, 0.3) is 0 Å². The van der Waals surface area contributed by atoms with Gasteiger partial charge in [-0.25, -0.2) is 0 Å². The maximum Gasteiger partial charge on any atom is 0.243 e. The van der Waals surface area contributed by atoms with Crippen molar-refractivity contribution in [3.63, 3.8) is 0 Å². The summed E-state index contributed by atoms with van der Waals surface area (Å²) in [6, 6.07) is 24.0. The molecule has 0 heterocycles. The van der Waals surface area contributed by atoms with Crippen molar-refractivity contribution in [3.8, 4) is 11.5 Å². The number of anilines is 2. The van der Waals surface area contributed by atoms with Crippen molar-refractivity contribution >= 4 is 28.9 Å². The second-order valence-corrected chi connectivity index (χ2v) is 5.73. The fraction of sp³-hybridized carbons (Fsp3) is 0.0500. The number of para-hydroxylation sites is 2. The number of amides is 1. The zero-order valence-corrected chi connectivity index (χ0v) is 14.2. The van der Waals surface area contributed by atoms with Gasteiger partial charge in [-0.1, -0.05) is 41.9 Å². The molecule has 0 aromatic heterocycles. The molecule has 0 bridgehead atoms. The van der Waals surface area contributed by atoms with E-state index in [9.17, 15) is 4.79 Å². The van der Waals surface area contributed by atoms with Crippen LogP contribution in [0.1, 0.15) is 0 Å². The Hall–Kier alpha value is -2.98. The zero-order chi connectivity index (χ0) is 17.5. The van der Waals surface area contributed by atoms with Crippen LogP contribution in [-0.4, -0.2) is 12.5 Å². The monoisotopic (exact) mass is 352 g/mol. The van der Waals surface area contributed by atoms with Crippen molar-refractivity contribution in [1.29, 1.82) is 0 Å². The third-order valence-corrected chi connectivity index (χ3v) is 3.76. The van der Waals surface area contributed by atoms with Gasteiger partial charge in [0, 0.05) is 5.69 Å². The number of carbonyl (C=O) groups excluding carboxylic acids is 1. The third-order valence-electron chi connectivity index (χ3n) is 3.43. The SMILES string of the molecule is O=C(CNc1ccccc1Cl)Nc1ccc(Oc2ccccc2)cc1. The van der Waals surface area contributed by atoms with Gasteiger partial charge in [0.25, 0.3) is 0 Å². The summed E-state index contributed by atoms with van der Waals surface area (Å²) in [7, 11) is 0. The van der Waals surface area contributed by atoms with Crippen molar-refractivity contribution < 1.29 is 9.53 Å². The molecule has 0 aliphatic heterocycles. The van der Waals surface area contributed by atoms with Crippen molar-refractivity contribution in [2.45, 2.75) is 0 Å². The number of halogens is 1. The van der Waals surface area contributed by atoms with Gasteiger partial charge in [0.05, 0.1) is 17.3 Å².